The van der Waals surface area contributed by atoms with Gasteiger partial charge in [-0.25, -0.2) is 4.79 Å². The average molecular weight is 336 g/mol. The van der Waals surface area contributed by atoms with Gasteiger partial charge in [-0.3, -0.25) is 0 Å². The van der Waals surface area contributed by atoms with Crippen molar-refractivity contribution in [2.24, 2.45) is 0 Å². The molecule has 1 aromatic rings. The first-order valence-corrected chi connectivity index (χ1v) is 9.30. The third-order valence-electron chi connectivity index (χ3n) is 4.41. The molecule has 1 aliphatic rings. The molecule has 0 amide bonds. The summed E-state index contributed by atoms with van der Waals surface area (Å²) >= 11 is 1.17. The molecule has 2 rings (SSSR count). The number of ether oxygens (including phenoxy) is 1. The smallest absolute Gasteiger partial charge is 0.348 e. The Balaban J connectivity index is 2.10. The summed E-state index contributed by atoms with van der Waals surface area (Å²) in [7, 11) is 0. The number of quaternary nitrogens is 1. The molecule has 1 aliphatic carbocycles. The van der Waals surface area contributed by atoms with E-state index in [1.807, 2.05) is 0 Å². The Labute approximate surface area is 141 Å². The van der Waals surface area contributed by atoms with Crippen molar-refractivity contribution in [3.8, 4) is 6.07 Å². The number of anilines is 1. The van der Waals surface area contributed by atoms with Gasteiger partial charge in [-0.15, -0.1) is 11.3 Å². The van der Waals surface area contributed by atoms with Crippen LogP contribution in [0.4, 0.5) is 5.00 Å². The number of carbonyl (C=O) groups excluding carboxylic acids is 1. The van der Waals surface area contributed by atoms with E-state index in [-0.39, 0.29) is 5.97 Å². The molecule has 23 heavy (non-hydrogen) atoms. The van der Waals surface area contributed by atoms with Crippen LogP contribution >= 0.6 is 11.3 Å². The summed E-state index contributed by atoms with van der Waals surface area (Å²) in [4.78, 5) is 12.6. The standard InChI is InChI=1S/C17H25N3O2S/c1-2-22-17(21)15-14(13(10-18)16(19)23-15)11-20-12-8-6-4-3-5-7-9-12/h12,20H,2-9,11,19H2,1H3/p+1. The fraction of sp³-hybridized carbons (Fsp3) is 0.647. The van der Waals surface area contributed by atoms with Crippen LogP contribution in [-0.2, 0) is 11.3 Å². The molecule has 0 atom stereocenters. The van der Waals surface area contributed by atoms with Crippen molar-refractivity contribution in [2.45, 2.75) is 64.5 Å². The van der Waals surface area contributed by atoms with Gasteiger partial charge in [-0.1, -0.05) is 19.3 Å². The van der Waals surface area contributed by atoms with Gasteiger partial charge in [0.2, 0.25) is 0 Å². The zero-order valence-corrected chi connectivity index (χ0v) is 14.6. The molecule has 5 nitrogen and oxygen atoms in total. The third kappa shape index (κ3) is 4.69. The van der Waals surface area contributed by atoms with Crippen molar-refractivity contribution in [3.05, 3.63) is 16.0 Å². The summed E-state index contributed by atoms with van der Waals surface area (Å²) in [6, 6.07) is 2.72. The van der Waals surface area contributed by atoms with Crippen LogP contribution in [0.1, 0.15) is 72.7 Å². The summed E-state index contributed by atoms with van der Waals surface area (Å²) in [5, 5.41) is 12.0. The van der Waals surface area contributed by atoms with Crippen LogP contribution in [0.2, 0.25) is 0 Å². The molecule has 1 saturated carbocycles. The highest BCUT2D eigenvalue weighted by Gasteiger charge is 2.25. The maximum absolute atomic E-state index is 12.1. The fourth-order valence-electron chi connectivity index (χ4n) is 3.17. The summed E-state index contributed by atoms with van der Waals surface area (Å²) < 4.78 is 5.10. The maximum atomic E-state index is 12.1. The summed E-state index contributed by atoms with van der Waals surface area (Å²) in [5.74, 6) is -0.369. The quantitative estimate of drug-likeness (QED) is 0.808. The van der Waals surface area contributed by atoms with E-state index in [1.54, 1.807) is 6.92 Å². The largest absolute Gasteiger partial charge is 0.462 e. The Kier molecular flexibility index (Phi) is 6.87. The highest BCUT2D eigenvalue weighted by Crippen LogP contribution is 2.30. The molecule has 6 heteroatoms. The summed E-state index contributed by atoms with van der Waals surface area (Å²) in [5.41, 5.74) is 7.11. The normalized spacial score (nSPS) is 16.3. The lowest BCUT2D eigenvalue weighted by Crippen LogP contribution is -2.88. The number of carbonyl (C=O) groups is 1. The van der Waals surface area contributed by atoms with Gasteiger partial charge in [0.1, 0.15) is 22.5 Å². The summed E-state index contributed by atoms with van der Waals surface area (Å²) in [6.45, 7) is 2.72. The van der Waals surface area contributed by atoms with Crippen LogP contribution in [0.15, 0.2) is 0 Å². The van der Waals surface area contributed by atoms with E-state index >= 15 is 0 Å². The van der Waals surface area contributed by atoms with Gasteiger partial charge in [0, 0.05) is 0 Å². The molecule has 0 unspecified atom stereocenters. The number of nitrogens with two attached hydrogens (primary N) is 2. The predicted molar refractivity (Wildman–Crippen MR) is 91.1 cm³/mol. The van der Waals surface area contributed by atoms with E-state index in [0.29, 0.717) is 34.6 Å². The first-order valence-electron chi connectivity index (χ1n) is 8.49. The third-order valence-corrected chi connectivity index (χ3v) is 5.45. The van der Waals surface area contributed by atoms with Gasteiger partial charge in [0.15, 0.2) is 0 Å². The lowest BCUT2D eigenvalue weighted by atomic mass is 9.96. The first kappa shape index (κ1) is 17.8. The molecule has 0 radical (unpaired) electrons. The highest BCUT2D eigenvalue weighted by atomic mass is 32.1. The zero-order valence-electron chi connectivity index (χ0n) is 13.8. The van der Waals surface area contributed by atoms with Crippen LogP contribution in [-0.4, -0.2) is 18.6 Å². The van der Waals surface area contributed by atoms with Crippen LogP contribution < -0.4 is 11.1 Å². The number of nitriles is 1. The van der Waals surface area contributed by atoms with Gasteiger partial charge >= 0.3 is 5.97 Å². The van der Waals surface area contributed by atoms with Crippen LogP contribution in [0, 0.1) is 11.3 Å². The van der Waals surface area contributed by atoms with Crippen LogP contribution in [0.25, 0.3) is 0 Å². The summed E-state index contributed by atoms with van der Waals surface area (Å²) in [6.07, 6.45) is 8.91. The van der Waals surface area contributed by atoms with E-state index in [0.717, 1.165) is 5.56 Å². The van der Waals surface area contributed by atoms with E-state index in [9.17, 15) is 10.1 Å². The van der Waals surface area contributed by atoms with Crippen LogP contribution in [0.5, 0.6) is 0 Å². The number of nitrogen functional groups attached to an aromatic ring is 1. The van der Waals surface area contributed by atoms with Crippen molar-refractivity contribution >= 4 is 22.3 Å². The van der Waals surface area contributed by atoms with Crippen molar-refractivity contribution < 1.29 is 14.8 Å². The van der Waals surface area contributed by atoms with Gasteiger partial charge in [-0.05, 0) is 32.6 Å². The van der Waals surface area contributed by atoms with E-state index in [1.165, 1.54) is 56.3 Å². The highest BCUT2D eigenvalue weighted by molar-refractivity contribution is 7.18. The molecule has 0 aromatic carbocycles. The topological polar surface area (TPSA) is 92.7 Å². The second kappa shape index (κ2) is 8.90. The molecule has 0 bridgehead atoms. The zero-order chi connectivity index (χ0) is 16.7. The molecule has 1 heterocycles. The number of rotatable bonds is 5. The predicted octanol–water partition coefficient (Wildman–Crippen LogP) is 2.55. The minimum absolute atomic E-state index is 0.324. The van der Waals surface area contributed by atoms with Crippen LogP contribution in [0.3, 0.4) is 0 Å². The molecular weight excluding hydrogens is 310 g/mol. The number of esters is 1. The Hall–Kier alpha value is -1.58. The minimum atomic E-state index is -0.369. The van der Waals surface area contributed by atoms with E-state index in [2.05, 4.69) is 11.4 Å². The molecular formula is C17H26N3O2S+. The molecule has 0 saturated heterocycles. The molecule has 1 aromatic heterocycles. The molecule has 0 aliphatic heterocycles. The van der Waals surface area contributed by atoms with E-state index < -0.39 is 0 Å². The molecule has 126 valence electrons. The second-order valence-corrected chi connectivity index (χ2v) is 7.08. The minimum Gasteiger partial charge on any atom is -0.462 e. The first-order chi connectivity index (χ1) is 11.2. The fourth-order valence-corrected chi connectivity index (χ4v) is 4.11. The second-order valence-electron chi connectivity index (χ2n) is 6.03. The SMILES string of the molecule is CCOC(=O)c1sc(N)c(C#N)c1C[NH2+]C1CCCCCCC1. The maximum Gasteiger partial charge on any atom is 0.348 e. The van der Waals surface area contributed by atoms with E-state index in [4.69, 9.17) is 10.5 Å². The molecule has 4 N–H and O–H groups in total. The monoisotopic (exact) mass is 336 g/mol. The lowest BCUT2D eigenvalue weighted by Gasteiger charge is -2.18. The number of thiophene rings is 1. The van der Waals surface area contributed by atoms with Crippen molar-refractivity contribution in [2.75, 3.05) is 12.3 Å². The molecule has 1 fully saturated rings. The Morgan fingerprint density at radius 3 is 2.61 bits per heavy atom. The number of hydrogen-bond acceptors (Lipinski definition) is 5. The average Bonchev–Trinajstić information content (AvgIpc) is 2.82. The van der Waals surface area contributed by atoms with Crippen molar-refractivity contribution in [3.63, 3.8) is 0 Å². The lowest BCUT2D eigenvalue weighted by molar-refractivity contribution is -0.706. The van der Waals surface area contributed by atoms with Gasteiger partial charge < -0.3 is 15.8 Å². The van der Waals surface area contributed by atoms with Gasteiger partial charge in [0.25, 0.3) is 0 Å². The Morgan fingerprint density at radius 1 is 1.35 bits per heavy atom. The van der Waals surface area contributed by atoms with Crippen molar-refractivity contribution in [1.82, 2.24) is 0 Å². The van der Waals surface area contributed by atoms with Gasteiger partial charge in [-0.2, -0.15) is 5.26 Å². The van der Waals surface area contributed by atoms with Crippen molar-refractivity contribution in [1.29, 1.82) is 5.26 Å². The Morgan fingerprint density at radius 2 is 2.00 bits per heavy atom. The molecule has 0 spiro atoms. The van der Waals surface area contributed by atoms with Gasteiger partial charge in [0.05, 0.1) is 23.8 Å². The number of hydrogen-bond donors (Lipinski definition) is 2. The number of nitrogens with zero attached hydrogens (tertiary/aromatic N) is 1. The Bertz CT molecular complexity index is 569.